The van der Waals surface area contributed by atoms with Gasteiger partial charge in [-0.1, -0.05) is 11.3 Å². The maximum atomic E-state index is 13.7. The number of hydrogen-bond donors (Lipinski definition) is 3. The van der Waals surface area contributed by atoms with Gasteiger partial charge in [0.2, 0.25) is 10.0 Å². The highest BCUT2D eigenvalue weighted by Gasteiger charge is 2.19. The SMILES string of the molecule is NCc1ccc(S(=O)(=O)NCc2nn[nH]n2)c(F)c1. The zero-order valence-corrected chi connectivity index (χ0v) is 10.5. The van der Waals surface area contributed by atoms with Crippen LogP contribution < -0.4 is 10.5 Å². The van der Waals surface area contributed by atoms with Crippen LogP contribution >= 0.6 is 0 Å². The van der Waals surface area contributed by atoms with E-state index in [-0.39, 0.29) is 18.9 Å². The van der Waals surface area contributed by atoms with Crippen LogP contribution in [0, 0.1) is 5.82 Å². The molecule has 1 heterocycles. The van der Waals surface area contributed by atoms with Gasteiger partial charge in [0.1, 0.15) is 10.7 Å². The normalized spacial score (nSPS) is 11.7. The molecule has 2 rings (SSSR count). The van der Waals surface area contributed by atoms with E-state index in [4.69, 9.17) is 5.73 Å². The van der Waals surface area contributed by atoms with E-state index in [1.165, 1.54) is 6.07 Å². The van der Waals surface area contributed by atoms with Gasteiger partial charge in [0, 0.05) is 6.54 Å². The molecule has 0 aliphatic rings. The van der Waals surface area contributed by atoms with Gasteiger partial charge in [-0.05, 0) is 17.7 Å². The first kappa shape index (κ1) is 13.5. The van der Waals surface area contributed by atoms with E-state index in [1.54, 1.807) is 0 Å². The van der Waals surface area contributed by atoms with Crippen LogP contribution in [-0.4, -0.2) is 29.0 Å². The zero-order chi connectivity index (χ0) is 13.9. The monoisotopic (exact) mass is 286 g/mol. The highest BCUT2D eigenvalue weighted by Crippen LogP contribution is 2.15. The van der Waals surface area contributed by atoms with Crippen LogP contribution in [0.4, 0.5) is 4.39 Å². The van der Waals surface area contributed by atoms with E-state index in [9.17, 15) is 12.8 Å². The quantitative estimate of drug-likeness (QED) is 0.665. The molecule has 4 N–H and O–H groups in total. The Morgan fingerprint density at radius 1 is 1.42 bits per heavy atom. The first-order valence-corrected chi connectivity index (χ1v) is 6.72. The fourth-order valence-electron chi connectivity index (χ4n) is 1.38. The lowest BCUT2D eigenvalue weighted by Gasteiger charge is -2.07. The predicted octanol–water partition coefficient (Wildman–Crippen LogP) is -0.724. The largest absolute Gasteiger partial charge is 0.326 e. The Hall–Kier alpha value is -1.91. The number of halogens is 1. The number of sulfonamides is 1. The van der Waals surface area contributed by atoms with Crippen molar-refractivity contribution in [1.82, 2.24) is 25.3 Å². The summed E-state index contributed by atoms with van der Waals surface area (Å²) in [5, 5.41) is 12.6. The molecule has 0 amide bonds. The number of H-pyrrole nitrogens is 1. The van der Waals surface area contributed by atoms with Crippen LogP contribution in [-0.2, 0) is 23.1 Å². The second kappa shape index (κ2) is 5.38. The van der Waals surface area contributed by atoms with Crippen molar-refractivity contribution in [3.63, 3.8) is 0 Å². The lowest BCUT2D eigenvalue weighted by atomic mass is 10.2. The molecule has 0 spiro atoms. The lowest BCUT2D eigenvalue weighted by Crippen LogP contribution is -2.25. The molecule has 1 aromatic carbocycles. The van der Waals surface area contributed by atoms with E-state index < -0.39 is 20.7 Å². The number of benzene rings is 1. The van der Waals surface area contributed by atoms with Crippen LogP contribution in [0.3, 0.4) is 0 Å². The van der Waals surface area contributed by atoms with Gasteiger partial charge in [-0.3, -0.25) is 0 Å². The summed E-state index contributed by atoms with van der Waals surface area (Å²) < 4.78 is 39.6. The van der Waals surface area contributed by atoms with Gasteiger partial charge in [-0.2, -0.15) is 5.21 Å². The van der Waals surface area contributed by atoms with Gasteiger partial charge in [-0.15, -0.1) is 10.2 Å². The van der Waals surface area contributed by atoms with Gasteiger partial charge in [-0.25, -0.2) is 17.5 Å². The van der Waals surface area contributed by atoms with Crippen LogP contribution in [0.25, 0.3) is 0 Å². The van der Waals surface area contributed by atoms with Crippen LogP contribution in [0.1, 0.15) is 11.4 Å². The number of rotatable bonds is 5. The molecule has 0 radical (unpaired) electrons. The zero-order valence-electron chi connectivity index (χ0n) is 9.67. The summed E-state index contributed by atoms with van der Waals surface area (Å²) in [6.45, 7) is -0.0511. The minimum Gasteiger partial charge on any atom is -0.326 e. The van der Waals surface area contributed by atoms with E-state index in [2.05, 4.69) is 25.3 Å². The van der Waals surface area contributed by atoms with Crippen molar-refractivity contribution in [3.8, 4) is 0 Å². The maximum Gasteiger partial charge on any atom is 0.243 e. The van der Waals surface area contributed by atoms with Crippen LogP contribution in [0.2, 0.25) is 0 Å². The van der Waals surface area contributed by atoms with Crippen molar-refractivity contribution in [2.24, 2.45) is 5.73 Å². The number of aromatic nitrogens is 4. The van der Waals surface area contributed by atoms with Gasteiger partial charge in [0.25, 0.3) is 0 Å². The topological polar surface area (TPSA) is 127 Å². The molecule has 2 aromatic rings. The minimum absolute atomic E-state index is 0.132. The van der Waals surface area contributed by atoms with Crippen molar-refractivity contribution < 1.29 is 12.8 Å². The van der Waals surface area contributed by atoms with Crippen molar-refractivity contribution in [2.75, 3.05) is 0 Å². The Bertz CT molecular complexity index is 657. The van der Waals surface area contributed by atoms with Crippen molar-refractivity contribution in [2.45, 2.75) is 18.0 Å². The van der Waals surface area contributed by atoms with Crippen molar-refractivity contribution in [3.05, 3.63) is 35.4 Å². The van der Waals surface area contributed by atoms with Gasteiger partial charge in [0.15, 0.2) is 5.82 Å². The maximum absolute atomic E-state index is 13.7. The molecule has 102 valence electrons. The number of hydrogen-bond acceptors (Lipinski definition) is 6. The smallest absolute Gasteiger partial charge is 0.243 e. The summed E-state index contributed by atoms with van der Waals surface area (Å²) in [4.78, 5) is -0.451. The molecule has 0 bridgehead atoms. The number of nitrogens with zero attached hydrogens (tertiary/aromatic N) is 3. The minimum atomic E-state index is -3.98. The third-order valence-electron chi connectivity index (χ3n) is 2.33. The second-order valence-electron chi connectivity index (χ2n) is 3.62. The Balaban J connectivity index is 2.19. The highest BCUT2D eigenvalue weighted by molar-refractivity contribution is 7.89. The third kappa shape index (κ3) is 3.10. The average Bonchev–Trinajstić information content (AvgIpc) is 2.89. The number of aromatic amines is 1. The summed E-state index contributed by atoms with van der Waals surface area (Å²) >= 11 is 0. The van der Waals surface area contributed by atoms with Crippen molar-refractivity contribution in [1.29, 1.82) is 0 Å². The number of tetrazole rings is 1. The van der Waals surface area contributed by atoms with Crippen LogP contribution in [0.15, 0.2) is 23.1 Å². The van der Waals surface area contributed by atoms with E-state index >= 15 is 0 Å². The Morgan fingerprint density at radius 3 is 2.79 bits per heavy atom. The van der Waals surface area contributed by atoms with Crippen molar-refractivity contribution >= 4 is 10.0 Å². The average molecular weight is 286 g/mol. The fourth-order valence-corrected chi connectivity index (χ4v) is 2.42. The molecule has 0 saturated heterocycles. The molecule has 0 aliphatic carbocycles. The van der Waals surface area contributed by atoms with Crippen LogP contribution in [0.5, 0.6) is 0 Å². The first-order chi connectivity index (χ1) is 9.03. The van der Waals surface area contributed by atoms with E-state index in [1.807, 2.05) is 0 Å². The highest BCUT2D eigenvalue weighted by atomic mass is 32.2. The Kier molecular flexibility index (Phi) is 3.83. The standard InChI is InChI=1S/C9H11FN6O2S/c10-7-3-6(4-11)1-2-8(7)19(17,18)12-5-9-13-15-16-14-9/h1-3,12H,4-5,11H2,(H,13,14,15,16). The Labute approximate surface area is 108 Å². The first-order valence-electron chi connectivity index (χ1n) is 5.23. The molecule has 10 heteroatoms. The molecular formula is C9H11FN6O2S. The summed E-state index contributed by atoms with van der Waals surface area (Å²) in [7, 11) is -3.98. The molecule has 1 aromatic heterocycles. The predicted molar refractivity (Wildman–Crippen MR) is 62.5 cm³/mol. The number of nitrogens with two attached hydrogens (primary N) is 1. The third-order valence-corrected chi connectivity index (χ3v) is 3.77. The molecule has 0 saturated carbocycles. The second-order valence-corrected chi connectivity index (χ2v) is 5.36. The van der Waals surface area contributed by atoms with Gasteiger partial charge in [0.05, 0.1) is 6.54 Å². The molecule has 19 heavy (non-hydrogen) atoms. The lowest BCUT2D eigenvalue weighted by molar-refractivity contribution is 0.554. The summed E-state index contributed by atoms with van der Waals surface area (Å²) in [5.41, 5.74) is 5.85. The summed E-state index contributed by atoms with van der Waals surface area (Å²) in [6, 6.07) is 3.70. The van der Waals surface area contributed by atoms with E-state index in [0.29, 0.717) is 5.56 Å². The van der Waals surface area contributed by atoms with Gasteiger partial charge >= 0.3 is 0 Å². The Morgan fingerprint density at radius 2 is 2.21 bits per heavy atom. The summed E-state index contributed by atoms with van der Waals surface area (Å²) in [5.74, 6) is -0.703. The number of nitrogens with one attached hydrogen (secondary N) is 2. The molecule has 0 atom stereocenters. The molecule has 0 aliphatic heterocycles. The summed E-state index contributed by atoms with van der Waals surface area (Å²) in [6.07, 6.45) is 0. The molecule has 8 nitrogen and oxygen atoms in total. The fraction of sp³-hybridized carbons (Fsp3) is 0.222. The van der Waals surface area contributed by atoms with E-state index in [0.717, 1.165) is 12.1 Å². The molecule has 0 unspecified atom stereocenters. The molecule has 0 fully saturated rings. The van der Waals surface area contributed by atoms with Gasteiger partial charge < -0.3 is 5.73 Å². The molecular weight excluding hydrogens is 275 g/mol.